The van der Waals surface area contributed by atoms with Crippen LogP contribution in [-0.2, 0) is 10.0 Å². The average Bonchev–Trinajstić information content (AvgIpc) is 3.01. The molecule has 0 bridgehead atoms. The number of nitrogens with one attached hydrogen (secondary N) is 1. The summed E-state index contributed by atoms with van der Waals surface area (Å²) in [5.41, 5.74) is 5.58. The zero-order chi connectivity index (χ0) is 11.8. The number of nitrogens with zero attached hydrogens (tertiary/aromatic N) is 1. The summed E-state index contributed by atoms with van der Waals surface area (Å²) in [6, 6.07) is 3.04. The van der Waals surface area contributed by atoms with Crippen molar-refractivity contribution in [2.45, 2.75) is 23.8 Å². The van der Waals surface area contributed by atoms with E-state index in [1.165, 1.54) is 12.3 Å². The topological polar surface area (TPSA) is 85.1 Å². The Labute approximate surface area is 99.1 Å². The zero-order valence-corrected chi connectivity index (χ0v) is 10.0. The predicted molar refractivity (Wildman–Crippen MR) is 63.5 cm³/mol. The lowest BCUT2D eigenvalue weighted by molar-refractivity contribution is 0.580. The average molecular weight is 257 g/mol. The molecular weight excluding hydrogens is 246 g/mol. The molecule has 1 aliphatic rings. The van der Waals surface area contributed by atoms with E-state index in [9.17, 15) is 8.42 Å². The first-order valence-corrected chi connectivity index (χ1v) is 6.67. The summed E-state index contributed by atoms with van der Waals surface area (Å²) in [7, 11) is -3.55. The molecular formula is C9H11N3O2S2. The molecule has 1 fully saturated rings. The molecule has 1 heterocycles. The first-order valence-electron chi connectivity index (χ1n) is 4.78. The SMILES string of the molecule is NC(=S)c1ncccc1S(=O)(=O)NC1CC1. The first-order chi connectivity index (χ1) is 7.50. The highest BCUT2D eigenvalue weighted by atomic mass is 32.2. The quantitative estimate of drug-likeness (QED) is 0.750. The monoisotopic (exact) mass is 257 g/mol. The smallest absolute Gasteiger partial charge is 0.243 e. The molecule has 0 unspecified atom stereocenters. The molecule has 86 valence electrons. The minimum Gasteiger partial charge on any atom is -0.388 e. The number of hydrogen-bond donors (Lipinski definition) is 2. The van der Waals surface area contributed by atoms with Gasteiger partial charge >= 0.3 is 0 Å². The Morgan fingerprint density at radius 1 is 1.56 bits per heavy atom. The van der Waals surface area contributed by atoms with Gasteiger partial charge in [0.15, 0.2) is 0 Å². The largest absolute Gasteiger partial charge is 0.388 e. The van der Waals surface area contributed by atoms with Crippen molar-refractivity contribution >= 4 is 27.2 Å². The van der Waals surface area contributed by atoms with Crippen LogP contribution < -0.4 is 10.5 Å². The van der Waals surface area contributed by atoms with E-state index in [1.54, 1.807) is 6.07 Å². The van der Waals surface area contributed by atoms with Gasteiger partial charge in [0.1, 0.15) is 15.6 Å². The molecule has 2 rings (SSSR count). The van der Waals surface area contributed by atoms with Crippen molar-refractivity contribution in [3.63, 3.8) is 0 Å². The van der Waals surface area contributed by atoms with Gasteiger partial charge in [-0.3, -0.25) is 4.98 Å². The highest BCUT2D eigenvalue weighted by molar-refractivity contribution is 7.89. The van der Waals surface area contributed by atoms with Gasteiger partial charge in [-0.1, -0.05) is 12.2 Å². The number of rotatable bonds is 4. The number of hydrogen-bond acceptors (Lipinski definition) is 4. The molecule has 5 nitrogen and oxygen atoms in total. The van der Waals surface area contributed by atoms with Crippen LogP contribution in [0.25, 0.3) is 0 Å². The van der Waals surface area contributed by atoms with Crippen LogP contribution in [0.2, 0.25) is 0 Å². The van der Waals surface area contributed by atoms with Crippen LogP contribution in [-0.4, -0.2) is 24.4 Å². The minimum atomic E-state index is -3.55. The van der Waals surface area contributed by atoms with E-state index in [-0.39, 0.29) is 21.6 Å². The maximum Gasteiger partial charge on any atom is 0.243 e. The molecule has 0 saturated heterocycles. The third-order valence-electron chi connectivity index (χ3n) is 2.19. The fourth-order valence-electron chi connectivity index (χ4n) is 1.28. The zero-order valence-electron chi connectivity index (χ0n) is 8.38. The van der Waals surface area contributed by atoms with Gasteiger partial charge in [-0.25, -0.2) is 13.1 Å². The molecule has 1 saturated carbocycles. The molecule has 7 heteroatoms. The normalized spacial score (nSPS) is 16.0. The van der Waals surface area contributed by atoms with E-state index < -0.39 is 10.0 Å². The molecule has 16 heavy (non-hydrogen) atoms. The number of aromatic nitrogens is 1. The van der Waals surface area contributed by atoms with Crippen molar-refractivity contribution in [3.05, 3.63) is 24.0 Å². The molecule has 0 spiro atoms. The van der Waals surface area contributed by atoms with Crippen LogP contribution >= 0.6 is 12.2 Å². The standard InChI is InChI=1S/C9H11N3O2S2/c10-9(15)8-7(2-1-5-11-8)16(13,14)12-6-3-4-6/h1-2,5-6,12H,3-4H2,(H2,10,15). The van der Waals surface area contributed by atoms with E-state index in [4.69, 9.17) is 18.0 Å². The molecule has 0 radical (unpaired) electrons. The third kappa shape index (κ3) is 2.37. The number of thiocarbonyl (C=S) groups is 1. The van der Waals surface area contributed by atoms with Gasteiger partial charge in [-0.2, -0.15) is 0 Å². The van der Waals surface area contributed by atoms with Crippen molar-refractivity contribution < 1.29 is 8.42 Å². The fraction of sp³-hybridized carbons (Fsp3) is 0.333. The Morgan fingerprint density at radius 3 is 2.81 bits per heavy atom. The van der Waals surface area contributed by atoms with Crippen LogP contribution in [0.3, 0.4) is 0 Å². The van der Waals surface area contributed by atoms with Gasteiger partial charge < -0.3 is 5.73 Å². The number of sulfonamides is 1. The number of nitrogens with two attached hydrogens (primary N) is 1. The van der Waals surface area contributed by atoms with Gasteiger partial charge in [0.25, 0.3) is 0 Å². The molecule has 1 aromatic rings. The van der Waals surface area contributed by atoms with Gasteiger partial charge in [-0.05, 0) is 25.0 Å². The summed E-state index contributed by atoms with van der Waals surface area (Å²) in [5.74, 6) is 0. The molecule has 0 atom stereocenters. The lowest BCUT2D eigenvalue weighted by Crippen LogP contribution is -2.28. The van der Waals surface area contributed by atoms with Crippen LogP contribution in [0.1, 0.15) is 18.5 Å². The van der Waals surface area contributed by atoms with Crippen molar-refractivity contribution in [2.75, 3.05) is 0 Å². The summed E-state index contributed by atoms with van der Waals surface area (Å²) in [6.07, 6.45) is 3.22. The maximum atomic E-state index is 11.9. The Bertz CT molecular complexity index is 523. The van der Waals surface area contributed by atoms with Crippen molar-refractivity contribution in [1.29, 1.82) is 0 Å². The molecule has 3 N–H and O–H groups in total. The van der Waals surface area contributed by atoms with E-state index >= 15 is 0 Å². The highest BCUT2D eigenvalue weighted by Crippen LogP contribution is 2.22. The summed E-state index contributed by atoms with van der Waals surface area (Å²) < 4.78 is 26.4. The van der Waals surface area contributed by atoms with Crippen LogP contribution in [0, 0.1) is 0 Å². The predicted octanol–water partition coefficient (Wildman–Crippen LogP) is 0.156. The van der Waals surface area contributed by atoms with Gasteiger partial charge in [0, 0.05) is 12.2 Å². The fourth-order valence-corrected chi connectivity index (χ4v) is 2.98. The summed E-state index contributed by atoms with van der Waals surface area (Å²) in [4.78, 5) is 3.92. The van der Waals surface area contributed by atoms with Crippen molar-refractivity contribution in [3.8, 4) is 0 Å². The van der Waals surface area contributed by atoms with Crippen LogP contribution in [0.5, 0.6) is 0 Å². The maximum absolute atomic E-state index is 11.9. The molecule has 0 aromatic carbocycles. The summed E-state index contributed by atoms with van der Waals surface area (Å²) >= 11 is 4.77. The first kappa shape index (κ1) is 11.4. The number of pyridine rings is 1. The highest BCUT2D eigenvalue weighted by Gasteiger charge is 2.29. The Balaban J connectivity index is 2.41. The van der Waals surface area contributed by atoms with E-state index in [0.29, 0.717) is 0 Å². The Hall–Kier alpha value is -1.05. The molecule has 1 aromatic heterocycles. The van der Waals surface area contributed by atoms with E-state index in [2.05, 4.69) is 9.71 Å². The van der Waals surface area contributed by atoms with Crippen LogP contribution in [0.15, 0.2) is 23.2 Å². The molecule has 1 aliphatic carbocycles. The second-order valence-corrected chi connectivity index (χ2v) is 5.73. The van der Waals surface area contributed by atoms with Gasteiger partial charge in [0.2, 0.25) is 10.0 Å². The van der Waals surface area contributed by atoms with Gasteiger partial charge in [-0.15, -0.1) is 0 Å². The third-order valence-corrected chi connectivity index (χ3v) is 3.94. The van der Waals surface area contributed by atoms with E-state index in [0.717, 1.165) is 12.8 Å². The molecule has 0 amide bonds. The van der Waals surface area contributed by atoms with Crippen LogP contribution in [0.4, 0.5) is 0 Å². The lowest BCUT2D eigenvalue weighted by atomic mass is 10.3. The van der Waals surface area contributed by atoms with Crippen molar-refractivity contribution in [1.82, 2.24) is 9.71 Å². The van der Waals surface area contributed by atoms with E-state index in [1.807, 2.05) is 0 Å². The minimum absolute atomic E-state index is 0.0169. The molecule has 0 aliphatic heterocycles. The van der Waals surface area contributed by atoms with Crippen molar-refractivity contribution in [2.24, 2.45) is 5.73 Å². The summed E-state index contributed by atoms with van der Waals surface area (Å²) in [5, 5.41) is 0. The summed E-state index contributed by atoms with van der Waals surface area (Å²) in [6.45, 7) is 0. The second-order valence-electron chi connectivity index (χ2n) is 3.61. The second kappa shape index (κ2) is 4.08. The Kier molecular flexibility index (Phi) is 2.92. The lowest BCUT2D eigenvalue weighted by Gasteiger charge is -2.08. The van der Waals surface area contributed by atoms with Gasteiger partial charge in [0.05, 0.1) is 0 Å². The Morgan fingerprint density at radius 2 is 2.25 bits per heavy atom.